The quantitative estimate of drug-likeness (QED) is 0.416. The first-order chi connectivity index (χ1) is 14.8. The van der Waals surface area contributed by atoms with Gasteiger partial charge < -0.3 is 9.67 Å². The second-order valence-electron chi connectivity index (χ2n) is 7.54. The Kier molecular flexibility index (Phi) is 7.75. The van der Waals surface area contributed by atoms with Crippen molar-refractivity contribution in [3.05, 3.63) is 56.3 Å². The highest BCUT2D eigenvalue weighted by Gasteiger charge is 2.30. The molecule has 1 heterocycles. The van der Waals surface area contributed by atoms with E-state index in [1.807, 2.05) is 10.6 Å². The number of benzene rings is 1. The second kappa shape index (κ2) is 10.3. The predicted octanol–water partition coefficient (Wildman–Crippen LogP) is 4.59. The summed E-state index contributed by atoms with van der Waals surface area (Å²) in [6, 6.07) is 5.28. The minimum absolute atomic E-state index is 0.0373. The van der Waals surface area contributed by atoms with Crippen molar-refractivity contribution in [2.75, 3.05) is 6.61 Å². The second-order valence-corrected chi connectivity index (χ2v) is 8.35. The van der Waals surface area contributed by atoms with Crippen molar-refractivity contribution in [3.8, 4) is 0 Å². The summed E-state index contributed by atoms with van der Waals surface area (Å²) in [6.45, 7) is 2.33. The molecule has 0 spiro atoms. The van der Waals surface area contributed by atoms with E-state index in [4.69, 9.17) is 33.1 Å². The van der Waals surface area contributed by atoms with E-state index in [0.717, 1.165) is 17.7 Å². The number of rotatable bonds is 9. The van der Waals surface area contributed by atoms with Crippen LogP contribution in [0.4, 0.5) is 0 Å². The molecule has 3 rings (SSSR count). The number of unbranched alkanes of at least 4 members (excludes halogenated alkanes) is 1. The number of hydrogen-bond acceptors (Lipinski definition) is 4. The molecule has 0 saturated heterocycles. The van der Waals surface area contributed by atoms with Crippen LogP contribution < -0.4 is 5.48 Å². The number of nitrogens with one attached hydrogen (secondary N) is 1. The van der Waals surface area contributed by atoms with Crippen molar-refractivity contribution in [1.29, 1.82) is 0 Å². The number of nitrogens with zero attached hydrogens (tertiary/aromatic N) is 1. The molecule has 2 aromatic rings. The van der Waals surface area contributed by atoms with Crippen LogP contribution in [0.2, 0.25) is 10.0 Å². The molecule has 1 aromatic carbocycles. The summed E-state index contributed by atoms with van der Waals surface area (Å²) in [5.74, 6) is -1.27. The number of Topliss-reactive ketones (excluding diaryl/α,β-unsaturated/α-hetero) is 1. The van der Waals surface area contributed by atoms with E-state index in [9.17, 15) is 14.4 Å². The molecule has 0 aliphatic heterocycles. The molecular formula is C22H24Cl2N2O5. The zero-order valence-electron chi connectivity index (χ0n) is 17.2. The van der Waals surface area contributed by atoms with Crippen LogP contribution in [0, 0.1) is 6.92 Å². The Labute approximate surface area is 190 Å². The highest BCUT2D eigenvalue weighted by molar-refractivity contribution is 6.42. The Morgan fingerprint density at radius 3 is 2.68 bits per heavy atom. The topological polar surface area (TPSA) is 97.6 Å². The van der Waals surface area contributed by atoms with Gasteiger partial charge in [-0.15, -0.1) is 0 Å². The van der Waals surface area contributed by atoms with Crippen LogP contribution in [0.1, 0.15) is 69.8 Å². The molecule has 0 atom stereocenters. The first-order valence-corrected chi connectivity index (χ1v) is 10.9. The lowest BCUT2D eigenvalue weighted by Crippen LogP contribution is -2.28. The standard InChI is InChI=1S/C22H24Cl2N2O5/c1-13-20-17(5-4-6-18(20)27)26(12-14-8-9-15(23)16(24)11-14)21(13)22(30)25-31-10-3-2-7-19(28)29/h8-9,11H,2-7,10,12H2,1H3,(H,25,30)(H,28,29). The highest BCUT2D eigenvalue weighted by Crippen LogP contribution is 2.31. The van der Waals surface area contributed by atoms with Gasteiger partial charge in [-0.1, -0.05) is 29.3 Å². The maximum Gasteiger partial charge on any atom is 0.303 e. The van der Waals surface area contributed by atoms with Crippen LogP contribution in [-0.2, 0) is 22.6 Å². The van der Waals surface area contributed by atoms with Crippen LogP contribution in [0.5, 0.6) is 0 Å². The number of carboxylic acids is 1. The normalized spacial score (nSPS) is 13.2. The van der Waals surface area contributed by atoms with E-state index in [0.29, 0.717) is 59.1 Å². The number of carboxylic acid groups (broad SMARTS) is 1. The smallest absolute Gasteiger partial charge is 0.303 e. The largest absolute Gasteiger partial charge is 0.481 e. The van der Waals surface area contributed by atoms with Gasteiger partial charge in [0.1, 0.15) is 5.69 Å². The Bertz CT molecular complexity index is 1020. The minimum atomic E-state index is -0.866. The van der Waals surface area contributed by atoms with Crippen molar-refractivity contribution in [2.24, 2.45) is 0 Å². The SMILES string of the molecule is Cc1c2c(n(Cc3ccc(Cl)c(Cl)c3)c1C(=O)NOCCCCC(=O)O)CCCC2=O. The lowest BCUT2D eigenvalue weighted by molar-refractivity contribution is -0.137. The highest BCUT2D eigenvalue weighted by atomic mass is 35.5. The van der Waals surface area contributed by atoms with E-state index in [2.05, 4.69) is 5.48 Å². The van der Waals surface area contributed by atoms with E-state index >= 15 is 0 Å². The molecule has 0 unspecified atom stereocenters. The Balaban J connectivity index is 1.83. The Hall–Kier alpha value is -2.35. The summed E-state index contributed by atoms with van der Waals surface area (Å²) in [7, 11) is 0. The summed E-state index contributed by atoms with van der Waals surface area (Å²) in [5.41, 5.74) is 5.74. The average molecular weight is 467 g/mol. The van der Waals surface area contributed by atoms with Crippen molar-refractivity contribution in [1.82, 2.24) is 10.0 Å². The summed E-state index contributed by atoms with van der Waals surface area (Å²) >= 11 is 12.2. The lowest BCUT2D eigenvalue weighted by atomic mass is 9.93. The van der Waals surface area contributed by atoms with Gasteiger partial charge in [0.2, 0.25) is 0 Å². The van der Waals surface area contributed by atoms with Gasteiger partial charge >= 0.3 is 5.97 Å². The third kappa shape index (κ3) is 5.47. The van der Waals surface area contributed by atoms with Gasteiger partial charge in [-0.3, -0.25) is 19.2 Å². The van der Waals surface area contributed by atoms with Crippen LogP contribution in [0.25, 0.3) is 0 Å². The number of amides is 1. The van der Waals surface area contributed by atoms with Crippen LogP contribution in [-0.4, -0.2) is 33.9 Å². The maximum atomic E-state index is 13.0. The van der Waals surface area contributed by atoms with Crippen molar-refractivity contribution >= 4 is 40.9 Å². The third-order valence-corrected chi connectivity index (χ3v) is 6.04. The Morgan fingerprint density at radius 1 is 1.19 bits per heavy atom. The summed E-state index contributed by atoms with van der Waals surface area (Å²) in [5, 5.41) is 9.53. The third-order valence-electron chi connectivity index (χ3n) is 5.30. The molecule has 9 heteroatoms. The minimum Gasteiger partial charge on any atom is -0.481 e. The number of hydrogen-bond donors (Lipinski definition) is 2. The number of fused-ring (bicyclic) bond motifs is 1. The van der Waals surface area contributed by atoms with E-state index in [-0.39, 0.29) is 18.8 Å². The van der Waals surface area contributed by atoms with Gasteiger partial charge in [-0.2, -0.15) is 0 Å². The molecule has 1 aliphatic rings. The fraction of sp³-hybridized carbons (Fsp3) is 0.409. The van der Waals surface area contributed by atoms with Gasteiger partial charge in [0.05, 0.1) is 16.7 Å². The van der Waals surface area contributed by atoms with Gasteiger partial charge in [0, 0.05) is 30.6 Å². The molecule has 31 heavy (non-hydrogen) atoms. The van der Waals surface area contributed by atoms with Crippen molar-refractivity contribution in [2.45, 2.75) is 52.0 Å². The summed E-state index contributed by atoms with van der Waals surface area (Å²) in [6.07, 6.45) is 2.92. The molecule has 1 aliphatic carbocycles. The van der Waals surface area contributed by atoms with E-state index in [1.165, 1.54) is 0 Å². The van der Waals surface area contributed by atoms with Crippen LogP contribution in [0.3, 0.4) is 0 Å². The maximum absolute atomic E-state index is 13.0. The van der Waals surface area contributed by atoms with E-state index in [1.54, 1.807) is 19.1 Å². The van der Waals surface area contributed by atoms with Crippen molar-refractivity contribution < 1.29 is 24.3 Å². The van der Waals surface area contributed by atoms with Gasteiger partial charge in [0.15, 0.2) is 5.78 Å². The molecule has 1 amide bonds. The number of aliphatic carboxylic acids is 1. The van der Waals surface area contributed by atoms with Gasteiger partial charge in [0.25, 0.3) is 5.91 Å². The van der Waals surface area contributed by atoms with Gasteiger partial charge in [-0.05, 0) is 55.9 Å². The fourth-order valence-electron chi connectivity index (χ4n) is 3.88. The number of carbonyl (C=O) groups is 3. The lowest BCUT2D eigenvalue weighted by Gasteiger charge is -2.17. The number of halogens is 2. The monoisotopic (exact) mass is 466 g/mol. The zero-order valence-corrected chi connectivity index (χ0v) is 18.7. The fourth-order valence-corrected chi connectivity index (χ4v) is 4.20. The number of carbonyl (C=O) groups excluding carboxylic acids is 2. The predicted molar refractivity (Wildman–Crippen MR) is 117 cm³/mol. The molecule has 0 bridgehead atoms. The summed E-state index contributed by atoms with van der Waals surface area (Å²) in [4.78, 5) is 41.3. The molecule has 166 valence electrons. The number of aromatic nitrogens is 1. The van der Waals surface area contributed by atoms with Gasteiger partial charge in [-0.25, -0.2) is 5.48 Å². The molecule has 0 fully saturated rings. The van der Waals surface area contributed by atoms with Crippen LogP contribution in [0.15, 0.2) is 18.2 Å². The molecule has 2 N–H and O–H groups in total. The molecule has 7 nitrogen and oxygen atoms in total. The molecule has 1 aromatic heterocycles. The molecular weight excluding hydrogens is 443 g/mol. The average Bonchev–Trinajstić information content (AvgIpc) is 3.00. The van der Waals surface area contributed by atoms with E-state index < -0.39 is 11.9 Å². The summed E-state index contributed by atoms with van der Waals surface area (Å²) < 4.78 is 1.85. The number of hydroxylamine groups is 1. The van der Waals surface area contributed by atoms with Crippen molar-refractivity contribution in [3.63, 3.8) is 0 Å². The number of ketones is 1. The molecule has 0 saturated carbocycles. The first-order valence-electron chi connectivity index (χ1n) is 10.1. The molecule has 0 radical (unpaired) electrons. The van der Waals surface area contributed by atoms with Crippen LogP contribution >= 0.6 is 23.2 Å². The Morgan fingerprint density at radius 2 is 1.97 bits per heavy atom. The zero-order chi connectivity index (χ0) is 22.5. The first kappa shape index (κ1) is 23.3.